The van der Waals surface area contributed by atoms with Gasteiger partial charge in [0.05, 0.1) is 11.0 Å². The van der Waals surface area contributed by atoms with Crippen molar-refractivity contribution in [3.05, 3.63) is 33.9 Å². The Balaban J connectivity index is 0.00000200. The van der Waals surface area contributed by atoms with Crippen LogP contribution in [0.4, 0.5) is 11.4 Å². The lowest BCUT2D eigenvalue weighted by Crippen LogP contribution is -2.43. The molecule has 1 aliphatic heterocycles. The number of amides is 1. The maximum Gasteiger partial charge on any atom is 0.274 e. The number of halogens is 1. The number of piperidine rings is 1. The third kappa shape index (κ3) is 3.91. The Morgan fingerprint density at radius 2 is 2.20 bits per heavy atom. The van der Waals surface area contributed by atoms with Gasteiger partial charge in [-0.1, -0.05) is 12.5 Å². The highest BCUT2D eigenvalue weighted by Gasteiger charge is 2.21. The van der Waals surface area contributed by atoms with Crippen LogP contribution in [-0.4, -0.2) is 23.4 Å². The van der Waals surface area contributed by atoms with E-state index in [1.54, 1.807) is 19.1 Å². The van der Waals surface area contributed by atoms with Crippen molar-refractivity contribution in [2.45, 2.75) is 32.2 Å². The largest absolute Gasteiger partial charge is 0.324 e. The van der Waals surface area contributed by atoms with Gasteiger partial charge in [0, 0.05) is 17.3 Å². The Hall–Kier alpha value is -1.66. The number of benzene rings is 1. The van der Waals surface area contributed by atoms with Crippen LogP contribution in [0.1, 0.15) is 24.8 Å². The highest BCUT2D eigenvalue weighted by Crippen LogP contribution is 2.22. The minimum atomic E-state index is -0.441. The Morgan fingerprint density at radius 1 is 1.45 bits per heavy atom. The zero-order chi connectivity index (χ0) is 13.8. The van der Waals surface area contributed by atoms with E-state index in [0.29, 0.717) is 11.3 Å². The third-order valence-corrected chi connectivity index (χ3v) is 3.30. The second kappa shape index (κ2) is 7.21. The average molecular weight is 300 g/mol. The van der Waals surface area contributed by atoms with Crippen LogP contribution >= 0.6 is 12.4 Å². The van der Waals surface area contributed by atoms with Gasteiger partial charge in [-0.3, -0.25) is 14.9 Å². The van der Waals surface area contributed by atoms with Crippen molar-refractivity contribution in [1.29, 1.82) is 0 Å². The van der Waals surface area contributed by atoms with Crippen LogP contribution in [0.3, 0.4) is 0 Å². The molecule has 20 heavy (non-hydrogen) atoms. The van der Waals surface area contributed by atoms with Gasteiger partial charge in [-0.15, -0.1) is 12.4 Å². The smallest absolute Gasteiger partial charge is 0.274 e. The van der Waals surface area contributed by atoms with E-state index < -0.39 is 4.92 Å². The van der Waals surface area contributed by atoms with Gasteiger partial charge in [0.15, 0.2) is 0 Å². The fourth-order valence-corrected chi connectivity index (χ4v) is 2.19. The van der Waals surface area contributed by atoms with E-state index in [2.05, 4.69) is 10.6 Å². The second-order valence-corrected chi connectivity index (χ2v) is 4.75. The number of nitro benzene ring substituents is 1. The van der Waals surface area contributed by atoms with Gasteiger partial charge in [-0.05, 0) is 32.4 Å². The first-order valence-electron chi connectivity index (χ1n) is 6.37. The van der Waals surface area contributed by atoms with Crippen LogP contribution < -0.4 is 10.6 Å². The molecule has 1 aromatic rings. The number of rotatable bonds is 3. The van der Waals surface area contributed by atoms with Crippen LogP contribution in [0.5, 0.6) is 0 Å². The average Bonchev–Trinajstić information content (AvgIpc) is 2.41. The summed E-state index contributed by atoms with van der Waals surface area (Å²) in [5.41, 5.74) is 1.07. The first-order valence-corrected chi connectivity index (χ1v) is 6.37. The van der Waals surface area contributed by atoms with E-state index in [4.69, 9.17) is 0 Å². The number of hydrogen-bond acceptors (Lipinski definition) is 4. The van der Waals surface area contributed by atoms with Crippen LogP contribution in [0.25, 0.3) is 0 Å². The molecular weight excluding hydrogens is 282 g/mol. The molecule has 0 saturated carbocycles. The lowest BCUT2D eigenvalue weighted by atomic mass is 10.0. The van der Waals surface area contributed by atoms with Gasteiger partial charge in [0.2, 0.25) is 5.91 Å². The molecule has 0 aliphatic carbocycles. The van der Waals surface area contributed by atoms with Crippen molar-refractivity contribution in [3.8, 4) is 0 Å². The first-order chi connectivity index (χ1) is 9.08. The molecule has 0 radical (unpaired) electrons. The standard InChI is InChI=1S/C13H17N3O3.ClH/c1-9-5-6-10(8-12(9)16(18)19)15-13(17)11-4-2-3-7-14-11;/h5-6,8,11,14H,2-4,7H2,1H3,(H,15,17);1H/t11-;/m1./s1. The number of nitrogens with zero attached hydrogens (tertiary/aromatic N) is 1. The Bertz CT molecular complexity index is 502. The molecule has 0 unspecified atom stereocenters. The molecule has 0 aromatic heterocycles. The molecule has 1 atom stereocenters. The summed E-state index contributed by atoms with van der Waals surface area (Å²) in [6.07, 6.45) is 2.92. The minimum Gasteiger partial charge on any atom is -0.324 e. The van der Waals surface area contributed by atoms with Crippen molar-refractivity contribution in [1.82, 2.24) is 5.32 Å². The summed E-state index contributed by atoms with van der Waals surface area (Å²) >= 11 is 0. The minimum absolute atomic E-state index is 0. The zero-order valence-corrected chi connectivity index (χ0v) is 12.0. The first kappa shape index (κ1) is 16.4. The number of carbonyl (C=O) groups is 1. The van der Waals surface area contributed by atoms with Crippen molar-refractivity contribution < 1.29 is 9.72 Å². The van der Waals surface area contributed by atoms with Crippen LogP contribution in [-0.2, 0) is 4.79 Å². The monoisotopic (exact) mass is 299 g/mol. The molecule has 1 heterocycles. The van der Waals surface area contributed by atoms with Crippen molar-refractivity contribution in [2.24, 2.45) is 0 Å². The molecule has 1 aliphatic rings. The summed E-state index contributed by atoms with van der Waals surface area (Å²) < 4.78 is 0. The SMILES string of the molecule is Cc1ccc(NC(=O)[C@H]2CCCCN2)cc1[N+](=O)[O-].Cl. The van der Waals surface area contributed by atoms with E-state index in [1.807, 2.05) is 0 Å². The van der Waals surface area contributed by atoms with Gasteiger partial charge in [0.25, 0.3) is 5.69 Å². The fourth-order valence-electron chi connectivity index (χ4n) is 2.19. The van der Waals surface area contributed by atoms with Gasteiger partial charge in [0.1, 0.15) is 0 Å². The van der Waals surface area contributed by atoms with Crippen molar-refractivity contribution in [3.63, 3.8) is 0 Å². The molecule has 0 bridgehead atoms. The Morgan fingerprint density at radius 3 is 2.80 bits per heavy atom. The Kier molecular flexibility index (Phi) is 5.91. The molecule has 1 amide bonds. The molecule has 110 valence electrons. The lowest BCUT2D eigenvalue weighted by molar-refractivity contribution is -0.385. The fraction of sp³-hybridized carbons (Fsp3) is 0.462. The number of anilines is 1. The summed E-state index contributed by atoms with van der Waals surface area (Å²) in [7, 11) is 0. The number of hydrogen-bond donors (Lipinski definition) is 2. The summed E-state index contributed by atoms with van der Waals surface area (Å²) in [6.45, 7) is 2.51. The Labute approximate surface area is 123 Å². The molecule has 0 spiro atoms. The quantitative estimate of drug-likeness (QED) is 0.663. The van der Waals surface area contributed by atoms with E-state index in [0.717, 1.165) is 25.8 Å². The van der Waals surface area contributed by atoms with E-state index in [9.17, 15) is 14.9 Å². The van der Waals surface area contributed by atoms with Gasteiger partial charge in [-0.25, -0.2) is 0 Å². The molecule has 1 fully saturated rings. The summed E-state index contributed by atoms with van der Waals surface area (Å²) in [5.74, 6) is -0.127. The van der Waals surface area contributed by atoms with E-state index in [1.165, 1.54) is 6.07 Å². The molecule has 6 nitrogen and oxygen atoms in total. The number of aryl methyl sites for hydroxylation is 1. The number of nitro groups is 1. The highest BCUT2D eigenvalue weighted by molar-refractivity contribution is 5.95. The lowest BCUT2D eigenvalue weighted by Gasteiger charge is -2.22. The molecule has 1 aromatic carbocycles. The van der Waals surface area contributed by atoms with Gasteiger partial charge >= 0.3 is 0 Å². The van der Waals surface area contributed by atoms with Crippen LogP contribution in [0, 0.1) is 17.0 Å². The highest BCUT2D eigenvalue weighted by atomic mass is 35.5. The van der Waals surface area contributed by atoms with E-state index >= 15 is 0 Å². The molecule has 7 heteroatoms. The maximum absolute atomic E-state index is 12.0. The third-order valence-electron chi connectivity index (χ3n) is 3.30. The summed E-state index contributed by atoms with van der Waals surface area (Å²) in [5, 5.41) is 16.7. The van der Waals surface area contributed by atoms with Gasteiger partial charge in [-0.2, -0.15) is 0 Å². The van der Waals surface area contributed by atoms with Crippen LogP contribution in [0.2, 0.25) is 0 Å². The normalized spacial score (nSPS) is 17.9. The summed E-state index contributed by atoms with van der Waals surface area (Å²) in [4.78, 5) is 22.4. The molecular formula is C13H18ClN3O3. The maximum atomic E-state index is 12.0. The molecule has 1 saturated heterocycles. The van der Waals surface area contributed by atoms with E-state index in [-0.39, 0.29) is 30.0 Å². The zero-order valence-electron chi connectivity index (χ0n) is 11.2. The number of carbonyl (C=O) groups excluding carboxylic acids is 1. The molecule has 2 N–H and O–H groups in total. The van der Waals surface area contributed by atoms with Gasteiger partial charge < -0.3 is 10.6 Å². The van der Waals surface area contributed by atoms with Crippen molar-refractivity contribution >= 4 is 29.7 Å². The summed E-state index contributed by atoms with van der Waals surface area (Å²) in [6, 6.07) is 4.52. The topological polar surface area (TPSA) is 84.3 Å². The van der Waals surface area contributed by atoms with Crippen molar-refractivity contribution in [2.75, 3.05) is 11.9 Å². The predicted molar refractivity (Wildman–Crippen MR) is 79.4 cm³/mol. The molecule has 2 rings (SSSR count). The predicted octanol–water partition coefficient (Wildman–Crippen LogP) is 2.41. The second-order valence-electron chi connectivity index (χ2n) is 4.75. The van der Waals surface area contributed by atoms with Crippen LogP contribution in [0.15, 0.2) is 18.2 Å². The number of nitrogens with one attached hydrogen (secondary N) is 2.